The van der Waals surface area contributed by atoms with Gasteiger partial charge in [0.1, 0.15) is 0 Å². The van der Waals surface area contributed by atoms with Crippen LogP contribution in [0.1, 0.15) is 54.4 Å². The number of rotatable bonds is 6. The van der Waals surface area contributed by atoms with Crippen molar-refractivity contribution < 1.29 is 4.79 Å². The summed E-state index contributed by atoms with van der Waals surface area (Å²) in [7, 11) is 0. The fraction of sp³-hybridized carbons (Fsp3) is 0.350. The highest BCUT2D eigenvalue weighted by Crippen LogP contribution is 2.63. The Morgan fingerprint density at radius 1 is 1.05 bits per heavy atom. The molecule has 1 heteroatoms. The van der Waals surface area contributed by atoms with Gasteiger partial charge < -0.3 is 0 Å². The molecular formula is C20H22O. The maximum atomic E-state index is 13.0. The summed E-state index contributed by atoms with van der Waals surface area (Å²) in [4.78, 5) is 13.0. The molecule has 0 amide bonds. The summed E-state index contributed by atoms with van der Waals surface area (Å²) < 4.78 is 0. The zero-order valence-corrected chi connectivity index (χ0v) is 12.6. The van der Waals surface area contributed by atoms with Gasteiger partial charge in [-0.15, -0.1) is 0 Å². The van der Waals surface area contributed by atoms with Crippen molar-refractivity contribution in [1.29, 1.82) is 0 Å². The van der Waals surface area contributed by atoms with Gasteiger partial charge in [0, 0.05) is 11.0 Å². The largest absolute Gasteiger partial charge is 0.294 e. The molecule has 2 aromatic rings. The van der Waals surface area contributed by atoms with Crippen molar-refractivity contribution in [3.63, 3.8) is 0 Å². The lowest BCUT2D eigenvalue weighted by molar-refractivity contribution is 0.0885. The number of Topliss-reactive ketones (excluding diaryl/α,β-unsaturated/α-hetero) is 1. The summed E-state index contributed by atoms with van der Waals surface area (Å²) in [5, 5.41) is 0. The summed E-state index contributed by atoms with van der Waals surface area (Å²) in [6, 6.07) is 20.3. The van der Waals surface area contributed by atoms with Gasteiger partial charge in [-0.1, -0.05) is 80.4 Å². The van der Waals surface area contributed by atoms with Crippen molar-refractivity contribution in [3.05, 3.63) is 71.8 Å². The third kappa shape index (κ3) is 2.65. The monoisotopic (exact) mass is 278 g/mol. The zero-order chi connectivity index (χ0) is 14.7. The average molecular weight is 278 g/mol. The van der Waals surface area contributed by atoms with Gasteiger partial charge in [0.2, 0.25) is 0 Å². The first kappa shape index (κ1) is 14.1. The van der Waals surface area contributed by atoms with Crippen molar-refractivity contribution in [1.82, 2.24) is 0 Å². The van der Waals surface area contributed by atoms with Gasteiger partial charge in [0.05, 0.1) is 0 Å². The highest BCUT2D eigenvalue weighted by Gasteiger charge is 2.59. The molecule has 3 rings (SSSR count). The Bertz CT molecular complexity index is 602. The Balaban J connectivity index is 1.88. The van der Waals surface area contributed by atoms with E-state index in [-0.39, 0.29) is 5.41 Å². The van der Waals surface area contributed by atoms with Gasteiger partial charge in [-0.2, -0.15) is 0 Å². The van der Waals surface area contributed by atoms with E-state index in [2.05, 4.69) is 31.2 Å². The lowest BCUT2D eigenvalue weighted by Gasteiger charge is -2.16. The normalized spacial score (nSPS) is 23.8. The van der Waals surface area contributed by atoms with Crippen molar-refractivity contribution in [3.8, 4) is 0 Å². The number of hydrogen-bond donors (Lipinski definition) is 0. The molecule has 21 heavy (non-hydrogen) atoms. The van der Waals surface area contributed by atoms with Gasteiger partial charge in [-0.3, -0.25) is 4.79 Å². The second-order valence-electron chi connectivity index (χ2n) is 6.12. The van der Waals surface area contributed by atoms with Crippen molar-refractivity contribution in [2.75, 3.05) is 0 Å². The third-order valence-electron chi connectivity index (χ3n) is 4.74. The molecule has 0 aliphatic heterocycles. The summed E-state index contributed by atoms with van der Waals surface area (Å²) in [6.07, 6.45) is 4.29. The lowest BCUT2D eigenvalue weighted by Crippen LogP contribution is -2.18. The Kier molecular flexibility index (Phi) is 3.92. The Labute approximate surface area is 127 Å². The van der Waals surface area contributed by atoms with Crippen LogP contribution in [0.2, 0.25) is 0 Å². The predicted molar refractivity (Wildman–Crippen MR) is 86.5 cm³/mol. The highest BCUT2D eigenvalue weighted by atomic mass is 16.1. The summed E-state index contributed by atoms with van der Waals surface area (Å²) in [6.45, 7) is 2.20. The van der Waals surface area contributed by atoms with E-state index in [0.29, 0.717) is 11.7 Å². The van der Waals surface area contributed by atoms with Crippen LogP contribution in [0, 0.1) is 5.41 Å². The fourth-order valence-electron chi connectivity index (χ4n) is 3.44. The molecule has 1 saturated carbocycles. The second-order valence-corrected chi connectivity index (χ2v) is 6.12. The molecule has 0 spiro atoms. The Hall–Kier alpha value is -1.89. The SMILES string of the molecule is CCCC[C@]1(C(=O)c2ccccc2)C[C@H]1c1ccccc1. The number of benzene rings is 2. The van der Waals surface area contributed by atoms with E-state index in [1.54, 1.807) is 0 Å². The number of carbonyl (C=O) groups excluding carboxylic acids is 1. The number of unbranched alkanes of at least 4 members (excludes halogenated alkanes) is 1. The Morgan fingerprint density at radius 2 is 1.67 bits per heavy atom. The molecule has 0 unspecified atom stereocenters. The van der Waals surface area contributed by atoms with Crippen LogP contribution in [0.15, 0.2) is 60.7 Å². The van der Waals surface area contributed by atoms with E-state index in [4.69, 9.17) is 0 Å². The smallest absolute Gasteiger partial charge is 0.169 e. The molecular weight excluding hydrogens is 256 g/mol. The summed E-state index contributed by atoms with van der Waals surface area (Å²) >= 11 is 0. The van der Waals surface area contributed by atoms with Crippen LogP contribution in [0.25, 0.3) is 0 Å². The van der Waals surface area contributed by atoms with Crippen molar-refractivity contribution in [2.24, 2.45) is 5.41 Å². The molecule has 2 aromatic carbocycles. The van der Waals surface area contributed by atoms with Crippen LogP contribution in [0.3, 0.4) is 0 Å². The van der Waals surface area contributed by atoms with E-state index >= 15 is 0 Å². The van der Waals surface area contributed by atoms with Gasteiger partial charge in [-0.05, 0) is 24.3 Å². The first-order valence-corrected chi connectivity index (χ1v) is 7.93. The molecule has 0 heterocycles. The molecule has 0 aromatic heterocycles. The molecule has 108 valence electrons. The van der Waals surface area contributed by atoms with E-state index in [9.17, 15) is 4.79 Å². The van der Waals surface area contributed by atoms with Gasteiger partial charge in [0.25, 0.3) is 0 Å². The first-order chi connectivity index (χ1) is 10.3. The van der Waals surface area contributed by atoms with Crippen LogP contribution in [0.4, 0.5) is 0 Å². The van der Waals surface area contributed by atoms with Crippen LogP contribution in [-0.2, 0) is 0 Å². The van der Waals surface area contributed by atoms with Crippen LogP contribution in [0.5, 0.6) is 0 Å². The first-order valence-electron chi connectivity index (χ1n) is 7.93. The molecule has 2 atom stereocenters. The highest BCUT2D eigenvalue weighted by molar-refractivity contribution is 6.03. The second kappa shape index (κ2) is 5.85. The van der Waals surface area contributed by atoms with Crippen LogP contribution >= 0.6 is 0 Å². The predicted octanol–water partition coefficient (Wildman–Crippen LogP) is 5.23. The maximum absolute atomic E-state index is 13.0. The van der Waals surface area contributed by atoms with Crippen molar-refractivity contribution in [2.45, 2.75) is 38.5 Å². The third-order valence-corrected chi connectivity index (χ3v) is 4.74. The molecule has 1 aliphatic rings. The van der Waals surface area contributed by atoms with Crippen LogP contribution < -0.4 is 0 Å². The maximum Gasteiger partial charge on any atom is 0.169 e. The molecule has 0 saturated heterocycles. The molecule has 1 nitrogen and oxygen atoms in total. The standard InChI is InChI=1S/C20H22O/c1-2-3-14-20(19(21)17-12-8-5-9-13-17)15-18(20)16-10-6-4-7-11-16/h4-13,18H,2-3,14-15H2,1H3/t18-,20-/m0/s1. The molecule has 0 N–H and O–H groups in total. The minimum atomic E-state index is -0.154. The average Bonchev–Trinajstić information content (AvgIpc) is 3.30. The Morgan fingerprint density at radius 3 is 2.29 bits per heavy atom. The summed E-state index contributed by atoms with van der Waals surface area (Å²) in [5.41, 5.74) is 2.03. The van der Waals surface area contributed by atoms with E-state index in [0.717, 1.165) is 31.2 Å². The lowest BCUT2D eigenvalue weighted by atomic mass is 9.86. The topological polar surface area (TPSA) is 17.1 Å². The van der Waals surface area contributed by atoms with Gasteiger partial charge >= 0.3 is 0 Å². The minimum absolute atomic E-state index is 0.154. The fourth-order valence-corrected chi connectivity index (χ4v) is 3.44. The number of ketones is 1. The van der Waals surface area contributed by atoms with Gasteiger partial charge in [-0.25, -0.2) is 0 Å². The zero-order valence-electron chi connectivity index (χ0n) is 12.6. The molecule has 1 aliphatic carbocycles. The van der Waals surface area contributed by atoms with Gasteiger partial charge in [0.15, 0.2) is 5.78 Å². The number of carbonyl (C=O) groups is 1. The minimum Gasteiger partial charge on any atom is -0.294 e. The molecule has 0 radical (unpaired) electrons. The molecule has 1 fully saturated rings. The van der Waals surface area contributed by atoms with Crippen LogP contribution in [-0.4, -0.2) is 5.78 Å². The summed E-state index contributed by atoms with van der Waals surface area (Å²) in [5.74, 6) is 0.739. The van der Waals surface area contributed by atoms with E-state index < -0.39 is 0 Å². The number of hydrogen-bond acceptors (Lipinski definition) is 1. The van der Waals surface area contributed by atoms with E-state index in [1.165, 1.54) is 5.56 Å². The quantitative estimate of drug-likeness (QED) is 0.661. The van der Waals surface area contributed by atoms with E-state index in [1.807, 2.05) is 36.4 Å². The van der Waals surface area contributed by atoms with Crippen molar-refractivity contribution >= 4 is 5.78 Å². The molecule has 0 bridgehead atoms.